The van der Waals surface area contributed by atoms with Gasteiger partial charge >= 0.3 is 0 Å². The Morgan fingerprint density at radius 3 is 2.71 bits per heavy atom. The summed E-state index contributed by atoms with van der Waals surface area (Å²) < 4.78 is 7.30. The fourth-order valence-electron chi connectivity index (χ4n) is 2.52. The summed E-state index contributed by atoms with van der Waals surface area (Å²) in [5.41, 5.74) is 4.11. The lowest BCUT2D eigenvalue weighted by Gasteiger charge is -2.10. The zero-order valence-corrected chi connectivity index (χ0v) is 12.5. The van der Waals surface area contributed by atoms with Gasteiger partial charge in [-0.2, -0.15) is 0 Å². The number of pyridine rings is 1. The highest BCUT2D eigenvalue weighted by Gasteiger charge is 2.16. The summed E-state index contributed by atoms with van der Waals surface area (Å²) >= 11 is 6.24. The molecule has 0 unspecified atom stereocenters. The summed E-state index contributed by atoms with van der Waals surface area (Å²) in [6, 6.07) is 11.5. The predicted molar refractivity (Wildman–Crippen MR) is 84.5 cm³/mol. The van der Waals surface area contributed by atoms with E-state index in [9.17, 15) is 4.79 Å². The lowest BCUT2D eigenvalue weighted by Crippen LogP contribution is -1.94. The van der Waals surface area contributed by atoms with Crippen LogP contribution in [0, 0.1) is 6.92 Å². The fraction of sp³-hybridized carbons (Fsp3) is 0.118. The number of rotatable bonds is 3. The number of hydrogen-bond acceptors (Lipinski definition) is 2. The van der Waals surface area contributed by atoms with Gasteiger partial charge in [-0.3, -0.25) is 4.79 Å². The molecular formula is C17H14ClNO2. The van der Waals surface area contributed by atoms with E-state index in [2.05, 4.69) is 0 Å². The van der Waals surface area contributed by atoms with Crippen LogP contribution in [0.2, 0.25) is 5.02 Å². The molecule has 0 saturated carbocycles. The Labute approximate surface area is 127 Å². The van der Waals surface area contributed by atoms with Gasteiger partial charge in [0.25, 0.3) is 0 Å². The second kappa shape index (κ2) is 5.26. The van der Waals surface area contributed by atoms with Gasteiger partial charge < -0.3 is 9.14 Å². The van der Waals surface area contributed by atoms with Crippen LogP contribution in [0.4, 0.5) is 0 Å². The second-order valence-electron chi connectivity index (χ2n) is 4.86. The average molecular weight is 300 g/mol. The molecule has 4 heteroatoms. The Hall–Kier alpha value is -2.26. The lowest BCUT2D eigenvalue weighted by atomic mass is 10.0. The van der Waals surface area contributed by atoms with Crippen molar-refractivity contribution in [2.24, 2.45) is 0 Å². The predicted octanol–water partition coefficient (Wildman–Crippen LogP) is 4.39. The molecule has 3 nitrogen and oxygen atoms in total. The van der Waals surface area contributed by atoms with Crippen molar-refractivity contribution < 1.29 is 9.53 Å². The first kappa shape index (κ1) is 13.7. The van der Waals surface area contributed by atoms with Crippen LogP contribution in [0.15, 0.2) is 42.6 Å². The molecule has 0 atom stereocenters. The van der Waals surface area contributed by atoms with E-state index < -0.39 is 0 Å². The number of aromatic nitrogens is 1. The Bertz CT molecular complexity index is 836. The molecule has 3 rings (SSSR count). The number of carbonyl (C=O) groups excluding carboxylic acids is 1. The van der Waals surface area contributed by atoms with E-state index in [0.717, 1.165) is 28.5 Å². The highest BCUT2D eigenvalue weighted by molar-refractivity contribution is 6.31. The largest absolute Gasteiger partial charge is 0.496 e. The molecule has 0 aliphatic heterocycles. The average Bonchev–Trinajstić information content (AvgIpc) is 2.87. The van der Waals surface area contributed by atoms with Gasteiger partial charge in [0.2, 0.25) is 0 Å². The number of hydrogen-bond donors (Lipinski definition) is 0. The number of methoxy groups -OCH3 is 1. The summed E-state index contributed by atoms with van der Waals surface area (Å²) in [5.74, 6) is 0.705. The number of carbonyl (C=O) groups is 1. The van der Waals surface area contributed by atoms with E-state index in [0.29, 0.717) is 16.5 Å². The summed E-state index contributed by atoms with van der Waals surface area (Å²) in [4.78, 5) is 11.5. The molecule has 0 radical (unpaired) electrons. The summed E-state index contributed by atoms with van der Waals surface area (Å²) in [7, 11) is 1.61. The molecule has 106 valence electrons. The minimum atomic E-state index is 0.587. The molecule has 0 aliphatic carbocycles. The van der Waals surface area contributed by atoms with Crippen LogP contribution in [0.5, 0.6) is 5.75 Å². The summed E-state index contributed by atoms with van der Waals surface area (Å²) in [5, 5.41) is 0.651. The first-order valence-electron chi connectivity index (χ1n) is 6.55. The van der Waals surface area contributed by atoms with Gasteiger partial charge in [0.1, 0.15) is 5.75 Å². The Kier molecular flexibility index (Phi) is 3.43. The van der Waals surface area contributed by atoms with Crippen molar-refractivity contribution in [3.63, 3.8) is 0 Å². The maximum Gasteiger partial charge on any atom is 0.167 e. The number of ether oxygens (including phenoxy) is 1. The molecule has 1 aromatic carbocycles. The van der Waals surface area contributed by atoms with Crippen LogP contribution in [-0.2, 0) is 0 Å². The van der Waals surface area contributed by atoms with Gasteiger partial charge in [0.15, 0.2) is 6.29 Å². The topological polar surface area (TPSA) is 30.7 Å². The van der Waals surface area contributed by atoms with E-state index in [1.165, 1.54) is 0 Å². The summed E-state index contributed by atoms with van der Waals surface area (Å²) in [6.45, 7) is 1.92. The van der Waals surface area contributed by atoms with Crippen LogP contribution < -0.4 is 4.74 Å². The standard InChI is InChI=1S/C17H14ClNO2/c1-11-7-17(21-2)14(9-15(11)18)13-8-12-5-3-4-6-19(12)16(13)10-20/h3-10H,1-2H3. The van der Waals surface area contributed by atoms with Gasteiger partial charge in [-0.25, -0.2) is 0 Å². The third-order valence-electron chi connectivity index (χ3n) is 3.60. The molecule has 21 heavy (non-hydrogen) atoms. The van der Waals surface area contributed by atoms with E-state index in [1.807, 2.05) is 53.9 Å². The van der Waals surface area contributed by atoms with Gasteiger partial charge in [0.05, 0.1) is 12.8 Å². The number of halogens is 1. The Morgan fingerprint density at radius 1 is 1.19 bits per heavy atom. The van der Waals surface area contributed by atoms with Crippen molar-refractivity contribution in [3.8, 4) is 16.9 Å². The first-order chi connectivity index (χ1) is 10.2. The third kappa shape index (κ3) is 2.20. The molecule has 3 aromatic rings. The fourth-order valence-corrected chi connectivity index (χ4v) is 2.68. The number of aryl methyl sites for hydroxylation is 1. The number of fused-ring (bicyclic) bond motifs is 1. The zero-order chi connectivity index (χ0) is 15.0. The molecule has 0 N–H and O–H groups in total. The Morgan fingerprint density at radius 2 is 2.00 bits per heavy atom. The summed E-state index contributed by atoms with van der Waals surface area (Å²) in [6.07, 6.45) is 2.72. The molecule has 0 spiro atoms. The van der Waals surface area contributed by atoms with Crippen LogP contribution in [0.25, 0.3) is 16.6 Å². The van der Waals surface area contributed by atoms with Crippen molar-refractivity contribution in [2.75, 3.05) is 7.11 Å². The van der Waals surface area contributed by atoms with Crippen molar-refractivity contribution >= 4 is 23.4 Å². The number of aldehydes is 1. The highest BCUT2D eigenvalue weighted by atomic mass is 35.5. The minimum absolute atomic E-state index is 0.587. The van der Waals surface area contributed by atoms with Crippen LogP contribution >= 0.6 is 11.6 Å². The number of benzene rings is 1. The SMILES string of the molecule is COc1cc(C)c(Cl)cc1-c1cc2ccccn2c1C=O. The minimum Gasteiger partial charge on any atom is -0.496 e. The van der Waals surface area contributed by atoms with E-state index in [4.69, 9.17) is 16.3 Å². The first-order valence-corrected chi connectivity index (χ1v) is 6.93. The van der Waals surface area contributed by atoms with Gasteiger partial charge in [-0.1, -0.05) is 17.7 Å². The quantitative estimate of drug-likeness (QED) is 0.672. The van der Waals surface area contributed by atoms with Crippen LogP contribution in [-0.4, -0.2) is 17.8 Å². The molecule has 0 fully saturated rings. The maximum absolute atomic E-state index is 11.5. The maximum atomic E-state index is 11.5. The Balaban J connectivity index is 2.35. The van der Waals surface area contributed by atoms with Gasteiger partial charge in [-0.15, -0.1) is 0 Å². The molecule has 2 heterocycles. The van der Waals surface area contributed by atoms with Crippen molar-refractivity contribution in [1.29, 1.82) is 0 Å². The van der Waals surface area contributed by atoms with Crippen molar-refractivity contribution in [1.82, 2.24) is 4.40 Å². The van der Waals surface area contributed by atoms with Crippen molar-refractivity contribution in [2.45, 2.75) is 6.92 Å². The third-order valence-corrected chi connectivity index (χ3v) is 4.01. The molecule has 2 aromatic heterocycles. The highest BCUT2D eigenvalue weighted by Crippen LogP contribution is 2.37. The number of nitrogens with zero attached hydrogens (tertiary/aromatic N) is 1. The van der Waals surface area contributed by atoms with Crippen molar-refractivity contribution in [3.05, 3.63) is 58.9 Å². The van der Waals surface area contributed by atoms with E-state index in [-0.39, 0.29) is 0 Å². The monoisotopic (exact) mass is 299 g/mol. The van der Waals surface area contributed by atoms with Crippen LogP contribution in [0.3, 0.4) is 0 Å². The van der Waals surface area contributed by atoms with E-state index >= 15 is 0 Å². The normalized spacial score (nSPS) is 10.8. The van der Waals surface area contributed by atoms with Gasteiger partial charge in [0, 0.05) is 27.9 Å². The molecule has 0 bridgehead atoms. The van der Waals surface area contributed by atoms with Gasteiger partial charge in [-0.05, 0) is 42.8 Å². The molecule has 0 amide bonds. The zero-order valence-electron chi connectivity index (χ0n) is 11.8. The lowest BCUT2D eigenvalue weighted by molar-refractivity contribution is 0.111. The second-order valence-corrected chi connectivity index (χ2v) is 5.27. The molecular weight excluding hydrogens is 286 g/mol. The van der Waals surface area contributed by atoms with Crippen LogP contribution in [0.1, 0.15) is 16.1 Å². The molecule has 0 saturated heterocycles. The molecule has 0 aliphatic rings. The van der Waals surface area contributed by atoms with E-state index in [1.54, 1.807) is 7.11 Å². The smallest absolute Gasteiger partial charge is 0.167 e.